The lowest BCUT2D eigenvalue weighted by atomic mass is 10.1. The Kier molecular flexibility index (Phi) is 4.50. The first-order chi connectivity index (χ1) is 10.1. The molecule has 3 N–H and O–H groups in total. The summed E-state index contributed by atoms with van der Waals surface area (Å²) in [4.78, 5) is 22.6. The summed E-state index contributed by atoms with van der Waals surface area (Å²) in [5.41, 5.74) is 1.19. The molecule has 6 heteroatoms. The van der Waals surface area contributed by atoms with Gasteiger partial charge >= 0.3 is 11.9 Å². The Morgan fingerprint density at radius 1 is 1.00 bits per heavy atom. The van der Waals surface area contributed by atoms with Crippen molar-refractivity contribution in [2.24, 2.45) is 4.99 Å². The third-order valence-electron chi connectivity index (χ3n) is 2.88. The van der Waals surface area contributed by atoms with Crippen LogP contribution < -0.4 is 5.32 Å². The Hall–Kier alpha value is -2.89. The van der Waals surface area contributed by atoms with Crippen LogP contribution in [0.2, 0.25) is 0 Å². The predicted octanol–water partition coefficient (Wildman–Crippen LogP) is 1.35. The minimum atomic E-state index is -1.82. The van der Waals surface area contributed by atoms with Gasteiger partial charge in [0.15, 0.2) is 0 Å². The predicted molar refractivity (Wildman–Crippen MR) is 78.6 cm³/mol. The fraction of sp³-hybridized carbons (Fsp3) is 0.133. The fourth-order valence-corrected chi connectivity index (χ4v) is 1.93. The number of fused-ring (bicyclic) bond motifs is 1. The molecule has 0 aromatic heterocycles. The SMILES string of the molecule is O=C(O)C(=O)O.c1ccc2cc(C3=NCCN3)ccc2c1. The first kappa shape index (κ1) is 14.5. The summed E-state index contributed by atoms with van der Waals surface area (Å²) in [7, 11) is 0. The van der Waals surface area contributed by atoms with Gasteiger partial charge in [0.2, 0.25) is 0 Å². The molecular weight excluding hydrogens is 272 g/mol. The van der Waals surface area contributed by atoms with E-state index >= 15 is 0 Å². The Balaban J connectivity index is 0.000000232. The number of nitrogens with one attached hydrogen (secondary N) is 1. The van der Waals surface area contributed by atoms with Gasteiger partial charge in [0.25, 0.3) is 0 Å². The van der Waals surface area contributed by atoms with Crippen molar-refractivity contribution in [2.45, 2.75) is 0 Å². The summed E-state index contributed by atoms with van der Waals surface area (Å²) < 4.78 is 0. The lowest BCUT2D eigenvalue weighted by Crippen LogP contribution is -2.19. The van der Waals surface area contributed by atoms with Crippen molar-refractivity contribution >= 4 is 28.5 Å². The minimum absolute atomic E-state index is 0.891. The number of benzene rings is 2. The molecule has 3 rings (SSSR count). The van der Waals surface area contributed by atoms with Gasteiger partial charge in [-0.15, -0.1) is 0 Å². The molecule has 0 atom stereocenters. The largest absolute Gasteiger partial charge is 0.473 e. The maximum atomic E-state index is 9.10. The second-order valence-electron chi connectivity index (χ2n) is 4.33. The van der Waals surface area contributed by atoms with Crippen LogP contribution in [0.1, 0.15) is 5.56 Å². The van der Waals surface area contributed by atoms with Crippen molar-refractivity contribution in [2.75, 3.05) is 13.1 Å². The van der Waals surface area contributed by atoms with Crippen molar-refractivity contribution in [3.05, 3.63) is 48.0 Å². The van der Waals surface area contributed by atoms with Crippen LogP contribution in [0.5, 0.6) is 0 Å². The van der Waals surface area contributed by atoms with E-state index in [-0.39, 0.29) is 0 Å². The summed E-state index contributed by atoms with van der Waals surface area (Å²) in [6.07, 6.45) is 0. The molecule has 1 aliphatic heterocycles. The van der Waals surface area contributed by atoms with Gasteiger partial charge < -0.3 is 15.5 Å². The number of carboxylic acid groups (broad SMARTS) is 2. The van der Waals surface area contributed by atoms with Crippen LogP contribution in [0.4, 0.5) is 0 Å². The third-order valence-corrected chi connectivity index (χ3v) is 2.88. The Labute approximate surface area is 120 Å². The van der Waals surface area contributed by atoms with E-state index in [9.17, 15) is 0 Å². The molecule has 0 saturated heterocycles. The fourth-order valence-electron chi connectivity index (χ4n) is 1.93. The van der Waals surface area contributed by atoms with Gasteiger partial charge in [0.05, 0.1) is 6.54 Å². The lowest BCUT2D eigenvalue weighted by molar-refractivity contribution is -0.159. The number of aliphatic carboxylic acids is 2. The average molecular weight is 286 g/mol. The lowest BCUT2D eigenvalue weighted by Gasteiger charge is -2.04. The quantitative estimate of drug-likeness (QED) is 0.687. The molecule has 0 aliphatic carbocycles. The Bertz CT molecular complexity index is 698. The molecule has 0 saturated carbocycles. The molecule has 0 bridgehead atoms. The first-order valence-electron chi connectivity index (χ1n) is 6.31. The second kappa shape index (κ2) is 6.51. The van der Waals surface area contributed by atoms with Crippen LogP contribution >= 0.6 is 0 Å². The summed E-state index contributed by atoms with van der Waals surface area (Å²) in [6.45, 7) is 1.85. The number of nitrogens with zero attached hydrogens (tertiary/aromatic N) is 1. The Morgan fingerprint density at radius 2 is 1.67 bits per heavy atom. The van der Waals surface area contributed by atoms with Crippen LogP contribution in [-0.4, -0.2) is 41.1 Å². The Morgan fingerprint density at radius 3 is 2.24 bits per heavy atom. The number of amidine groups is 1. The molecule has 0 unspecified atom stereocenters. The molecule has 1 heterocycles. The molecule has 2 aromatic carbocycles. The van der Waals surface area contributed by atoms with E-state index in [0.29, 0.717) is 0 Å². The van der Waals surface area contributed by atoms with Crippen molar-refractivity contribution in [1.82, 2.24) is 5.32 Å². The smallest absolute Gasteiger partial charge is 0.414 e. The van der Waals surface area contributed by atoms with Gasteiger partial charge in [-0.3, -0.25) is 4.99 Å². The van der Waals surface area contributed by atoms with Gasteiger partial charge in [-0.2, -0.15) is 0 Å². The number of hydrogen-bond acceptors (Lipinski definition) is 4. The topological polar surface area (TPSA) is 99.0 Å². The van der Waals surface area contributed by atoms with Gasteiger partial charge in [-0.25, -0.2) is 9.59 Å². The van der Waals surface area contributed by atoms with Crippen LogP contribution in [-0.2, 0) is 9.59 Å². The molecular formula is C15H14N2O4. The third kappa shape index (κ3) is 3.79. The molecule has 1 aliphatic rings. The minimum Gasteiger partial charge on any atom is -0.473 e. The zero-order valence-corrected chi connectivity index (χ0v) is 11.1. The zero-order valence-electron chi connectivity index (χ0n) is 11.1. The average Bonchev–Trinajstić information content (AvgIpc) is 3.01. The molecule has 21 heavy (non-hydrogen) atoms. The van der Waals surface area contributed by atoms with Gasteiger partial charge in [-0.05, 0) is 16.8 Å². The second-order valence-corrected chi connectivity index (χ2v) is 4.33. The van der Waals surface area contributed by atoms with E-state index in [0.717, 1.165) is 18.9 Å². The molecule has 2 aromatic rings. The van der Waals surface area contributed by atoms with Gasteiger partial charge in [-0.1, -0.05) is 36.4 Å². The van der Waals surface area contributed by atoms with Crippen molar-refractivity contribution in [1.29, 1.82) is 0 Å². The number of rotatable bonds is 1. The molecule has 0 radical (unpaired) electrons. The van der Waals surface area contributed by atoms with E-state index < -0.39 is 11.9 Å². The highest BCUT2D eigenvalue weighted by Crippen LogP contribution is 2.16. The summed E-state index contributed by atoms with van der Waals surface area (Å²) in [5.74, 6) is -2.62. The number of hydrogen-bond donors (Lipinski definition) is 3. The molecule has 6 nitrogen and oxygen atoms in total. The highest BCUT2D eigenvalue weighted by Gasteiger charge is 2.07. The van der Waals surface area contributed by atoms with E-state index in [1.54, 1.807) is 0 Å². The maximum Gasteiger partial charge on any atom is 0.414 e. The van der Waals surface area contributed by atoms with Crippen molar-refractivity contribution in [3.63, 3.8) is 0 Å². The van der Waals surface area contributed by atoms with Gasteiger partial charge in [0.1, 0.15) is 5.84 Å². The molecule has 0 amide bonds. The summed E-state index contributed by atoms with van der Waals surface area (Å²) in [6, 6.07) is 14.8. The van der Waals surface area contributed by atoms with E-state index in [4.69, 9.17) is 19.8 Å². The normalized spacial score (nSPS) is 12.9. The van der Waals surface area contributed by atoms with Gasteiger partial charge in [0, 0.05) is 12.1 Å². The molecule has 0 spiro atoms. The molecule has 0 fully saturated rings. The monoisotopic (exact) mass is 286 g/mol. The van der Waals surface area contributed by atoms with Crippen LogP contribution in [0.3, 0.4) is 0 Å². The zero-order chi connectivity index (χ0) is 15.2. The van der Waals surface area contributed by atoms with E-state index in [1.165, 1.54) is 16.3 Å². The number of carbonyl (C=O) groups is 2. The standard InChI is InChI=1S/C13H12N2.C2H2O4/c1-2-4-11-9-12(6-5-10(11)3-1)13-14-7-8-15-13;3-1(4)2(5)6/h1-6,9H,7-8H2,(H,14,15);(H,3,4)(H,5,6). The van der Waals surface area contributed by atoms with Crippen LogP contribution in [0, 0.1) is 0 Å². The molecule has 108 valence electrons. The summed E-state index contributed by atoms with van der Waals surface area (Å²) >= 11 is 0. The highest BCUT2D eigenvalue weighted by molar-refractivity contribution is 6.27. The maximum absolute atomic E-state index is 9.10. The van der Waals surface area contributed by atoms with Crippen LogP contribution in [0.15, 0.2) is 47.5 Å². The highest BCUT2D eigenvalue weighted by atomic mass is 16.4. The van der Waals surface area contributed by atoms with Crippen LogP contribution in [0.25, 0.3) is 10.8 Å². The summed E-state index contributed by atoms with van der Waals surface area (Å²) in [5, 5.41) is 20.6. The number of aliphatic imine (C=N–C) groups is 1. The first-order valence-corrected chi connectivity index (χ1v) is 6.31. The van der Waals surface area contributed by atoms with Crippen molar-refractivity contribution in [3.8, 4) is 0 Å². The van der Waals surface area contributed by atoms with E-state index in [2.05, 4.69) is 52.8 Å². The van der Waals surface area contributed by atoms with E-state index in [1.807, 2.05) is 0 Å². The van der Waals surface area contributed by atoms with Crippen molar-refractivity contribution < 1.29 is 19.8 Å². The number of carboxylic acids is 2.